The average molecular weight is 460 g/mol. The number of likely N-dealkylation sites (tertiary alicyclic amines) is 1. The second-order valence-corrected chi connectivity index (χ2v) is 9.97. The quantitative estimate of drug-likeness (QED) is 0.542. The van der Waals surface area contributed by atoms with Crippen LogP contribution in [-0.4, -0.2) is 60.2 Å². The third-order valence-electron chi connectivity index (χ3n) is 8.04. The Balaban J connectivity index is 1.18. The van der Waals surface area contributed by atoms with E-state index in [4.69, 9.17) is 0 Å². The number of hydrogen-bond acceptors (Lipinski definition) is 5. The van der Waals surface area contributed by atoms with Gasteiger partial charge < -0.3 is 10.2 Å². The molecule has 2 amide bonds. The first-order chi connectivity index (χ1) is 16.6. The van der Waals surface area contributed by atoms with Crippen molar-refractivity contribution in [3.8, 4) is 11.3 Å². The van der Waals surface area contributed by atoms with E-state index >= 15 is 0 Å². The van der Waals surface area contributed by atoms with Crippen molar-refractivity contribution in [1.82, 2.24) is 35.6 Å². The molecule has 2 aliphatic carbocycles. The van der Waals surface area contributed by atoms with Crippen LogP contribution in [-0.2, 0) is 4.79 Å². The van der Waals surface area contributed by atoms with Crippen molar-refractivity contribution in [3.63, 3.8) is 0 Å². The second-order valence-electron chi connectivity index (χ2n) is 9.97. The molecule has 0 radical (unpaired) electrons. The zero-order valence-corrected chi connectivity index (χ0v) is 19.0. The lowest BCUT2D eigenvalue weighted by atomic mass is 9.74. The molecule has 0 bridgehead atoms. The number of carbonyl (C=O) groups is 2. The number of aromatic amines is 2. The standard InChI is InChI=1S/C25H29N7O2/c33-23(20-7-2-6-19(20)22-26-15-28-31-22)29-18-13-25(9-3-10-25)32(14-18)24(34)17-5-1-4-16(12-17)21-8-11-27-30-21/h1,4-5,8,11-12,15,18-20H,2-3,6-7,9-10,13-14H2,(H,27,30)(H,29,33)(H,26,28,31)/t18?,19-,20+/m0/s1. The zero-order chi connectivity index (χ0) is 23.1. The minimum Gasteiger partial charge on any atom is -0.351 e. The molecule has 3 heterocycles. The summed E-state index contributed by atoms with van der Waals surface area (Å²) in [6.45, 7) is 0.554. The molecule has 9 nitrogen and oxygen atoms in total. The Kier molecular flexibility index (Phi) is 5.19. The largest absolute Gasteiger partial charge is 0.351 e. The first-order valence-electron chi connectivity index (χ1n) is 12.2. The van der Waals surface area contributed by atoms with E-state index < -0.39 is 0 Å². The number of H-pyrrole nitrogens is 2. The van der Waals surface area contributed by atoms with Gasteiger partial charge in [-0.2, -0.15) is 10.2 Å². The van der Waals surface area contributed by atoms with Gasteiger partial charge in [-0.15, -0.1) is 0 Å². The van der Waals surface area contributed by atoms with Crippen LogP contribution in [0.5, 0.6) is 0 Å². The summed E-state index contributed by atoms with van der Waals surface area (Å²) in [5.74, 6) is 0.909. The number of amides is 2. The second kappa shape index (κ2) is 8.38. The molecule has 1 spiro atoms. The lowest BCUT2D eigenvalue weighted by molar-refractivity contribution is -0.126. The van der Waals surface area contributed by atoms with E-state index in [1.807, 2.05) is 35.2 Å². The smallest absolute Gasteiger partial charge is 0.254 e. The van der Waals surface area contributed by atoms with Crippen LogP contribution >= 0.6 is 0 Å². The molecule has 6 rings (SSSR count). The number of carbonyl (C=O) groups excluding carboxylic acids is 2. The molecule has 3 aromatic rings. The van der Waals surface area contributed by atoms with Crippen molar-refractivity contribution in [2.24, 2.45) is 5.92 Å². The first kappa shape index (κ1) is 21.1. The van der Waals surface area contributed by atoms with E-state index in [0.717, 1.165) is 62.0 Å². The summed E-state index contributed by atoms with van der Waals surface area (Å²) in [4.78, 5) is 33.2. The van der Waals surface area contributed by atoms with Gasteiger partial charge in [0.1, 0.15) is 12.2 Å². The topological polar surface area (TPSA) is 120 Å². The van der Waals surface area contributed by atoms with Crippen molar-refractivity contribution >= 4 is 11.8 Å². The number of aromatic nitrogens is 5. The van der Waals surface area contributed by atoms with Gasteiger partial charge in [0.2, 0.25) is 5.91 Å². The molecule has 2 aromatic heterocycles. The number of hydrogen-bond donors (Lipinski definition) is 3. The number of benzene rings is 1. The first-order valence-corrected chi connectivity index (χ1v) is 12.2. The molecule has 9 heteroatoms. The summed E-state index contributed by atoms with van der Waals surface area (Å²) >= 11 is 0. The molecule has 3 aliphatic rings. The number of nitrogens with zero attached hydrogens (tertiary/aromatic N) is 4. The lowest BCUT2D eigenvalue weighted by Gasteiger charge is -2.45. The molecule has 176 valence electrons. The molecule has 1 aromatic carbocycles. The molecule has 3 fully saturated rings. The van der Waals surface area contributed by atoms with E-state index in [2.05, 4.69) is 30.7 Å². The summed E-state index contributed by atoms with van der Waals surface area (Å²) in [6, 6.07) is 9.56. The summed E-state index contributed by atoms with van der Waals surface area (Å²) in [7, 11) is 0. The van der Waals surface area contributed by atoms with Crippen LogP contribution in [0.3, 0.4) is 0 Å². The molecule has 3 N–H and O–H groups in total. The normalized spacial score (nSPS) is 25.4. The van der Waals surface area contributed by atoms with E-state index in [0.29, 0.717) is 12.1 Å². The summed E-state index contributed by atoms with van der Waals surface area (Å²) in [6.07, 6.45) is 9.96. The molecule has 1 aliphatic heterocycles. The van der Waals surface area contributed by atoms with Crippen LogP contribution in [0.4, 0.5) is 0 Å². The molecule has 34 heavy (non-hydrogen) atoms. The van der Waals surface area contributed by atoms with Crippen LogP contribution in [0, 0.1) is 5.92 Å². The van der Waals surface area contributed by atoms with Gasteiger partial charge in [-0.25, -0.2) is 4.98 Å². The summed E-state index contributed by atoms with van der Waals surface area (Å²) in [5.41, 5.74) is 2.36. The van der Waals surface area contributed by atoms with Crippen molar-refractivity contribution < 1.29 is 9.59 Å². The Labute approximate surface area is 197 Å². The fourth-order valence-electron chi connectivity index (χ4n) is 6.20. The maximum absolute atomic E-state index is 13.6. The van der Waals surface area contributed by atoms with E-state index in [1.165, 1.54) is 6.33 Å². The molecule has 1 saturated heterocycles. The van der Waals surface area contributed by atoms with Gasteiger partial charge in [-0.3, -0.25) is 19.8 Å². The van der Waals surface area contributed by atoms with Crippen molar-refractivity contribution in [1.29, 1.82) is 0 Å². The molecular formula is C25H29N7O2. The van der Waals surface area contributed by atoms with Crippen molar-refractivity contribution in [2.75, 3.05) is 6.54 Å². The van der Waals surface area contributed by atoms with Crippen LogP contribution < -0.4 is 5.32 Å². The highest BCUT2D eigenvalue weighted by Crippen LogP contribution is 2.46. The third-order valence-corrected chi connectivity index (χ3v) is 8.04. The monoisotopic (exact) mass is 459 g/mol. The minimum atomic E-state index is -0.140. The average Bonchev–Trinajstić information content (AvgIpc) is 3.62. The lowest BCUT2D eigenvalue weighted by Crippen LogP contribution is -2.51. The van der Waals surface area contributed by atoms with Gasteiger partial charge >= 0.3 is 0 Å². The van der Waals surface area contributed by atoms with E-state index in [1.54, 1.807) is 6.20 Å². The van der Waals surface area contributed by atoms with Crippen LogP contribution in [0.2, 0.25) is 0 Å². The van der Waals surface area contributed by atoms with Gasteiger partial charge in [0.05, 0.1) is 5.69 Å². The molecule has 3 atom stereocenters. The Bertz CT molecular complexity index is 1170. The predicted octanol–water partition coefficient (Wildman–Crippen LogP) is 3.03. The Hall–Kier alpha value is -3.49. The summed E-state index contributed by atoms with van der Waals surface area (Å²) in [5, 5.41) is 17.2. The van der Waals surface area contributed by atoms with Gasteiger partial charge in [0, 0.05) is 47.3 Å². The van der Waals surface area contributed by atoms with E-state index in [-0.39, 0.29) is 35.2 Å². The van der Waals surface area contributed by atoms with Gasteiger partial charge in [0.25, 0.3) is 5.91 Å². The fraction of sp³-hybridized carbons (Fsp3) is 0.480. The highest BCUT2D eigenvalue weighted by molar-refractivity contribution is 5.96. The summed E-state index contributed by atoms with van der Waals surface area (Å²) < 4.78 is 0. The fourth-order valence-corrected chi connectivity index (χ4v) is 6.20. The Morgan fingerprint density at radius 3 is 2.74 bits per heavy atom. The highest BCUT2D eigenvalue weighted by atomic mass is 16.2. The van der Waals surface area contributed by atoms with Gasteiger partial charge in [0.15, 0.2) is 0 Å². The molecule has 2 saturated carbocycles. The highest BCUT2D eigenvalue weighted by Gasteiger charge is 2.52. The number of rotatable bonds is 5. The minimum absolute atomic E-state index is 0.0245. The van der Waals surface area contributed by atoms with Crippen LogP contribution in [0.1, 0.15) is 67.0 Å². The van der Waals surface area contributed by atoms with Crippen LogP contribution in [0.15, 0.2) is 42.9 Å². The van der Waals surface area contributed by atoms with Crippen molar-refractivity contribution in [3.05, 3.63) is 54.2 Å². The maximum Gasteiger partial charge on any atom is 0.254 e. The number of nitrogens with one attached hydrogen (secondary N) is 3. The van der Waals surface area contributed by atoms with Crippen LogP contribution in [0.25, 0.3) is 11.3 Å². The van der Waals surface area contributed by atoms with Gasteiger partial charge in [-0.1, -0.05) is 18.6 Å². The van der Waals surface area contributed by atoms with E-state index in [9.17, 15) is 9.59 Å². The molecule has 1 unspecified atom stereocenters. The van der Waals surface area contributed by atoms with Gasteiger partial charge in [-0.05, 0) is 56.7 Å². The molecular weight excluding hydrogens is 430 g/mol. The third kappa shape index (κ3) is 3.59. The predicted molar refractivity (Wildman–Crippen MR) is 125 cm³/mol. The Morgan fingerprint density at radius 2 is 2.00 bits per heavy atom. The zero-order valence-electron chi connectivity index (χ0n) is 19.0. The van der Waals surface area contributed by atoms with Crippen molar-refractivity contribution in [2.45, 2.75) is 62.4 Å². The maximum atomic E-state index is 13.6. The Morgan fingerprint density at radius 1 is 1.09 bits per heavy atom. The SMILES string of the molecule is O=C(NC1CN(C(=O)c2cccc(-c3ccn[nH]3)c2)C2(CCC2)C1)[C@@H]1CCC[C@@H]1c1ncn[nH]1.